The maximum atomic E-state index is 11.6. The van der Waals surface area contributed by atoms with Crippen LogP contribution in [0, 0.1) is 23.0 Å². The van der Waals surface area contributed by atoms with Gasteiger partial charge in [-0.05, 0) is 19.1 Å². The van der Waals surface area contributed by atoms with Crippen molar-refractivity contribution < 1.29 is 14.5 Å². The number of rotatable bonds is 5. The zero-order valence-electron chi connectivity index (χ0n) is 11.4. The predicted molar refractivity (Wildman–Crippen MR) is 77.1 cm³/mol. The van der Waals surface area contributed by atoms with Crippen molar-refractivity contribution in [2.45, 2.75) is 24.3 Å². The maximum Gasteiger partial charge on any atom is 0.248 e. The number of hydrogen-bond acceptors (Lipinski definition) is 5. The van der Waals surface area contributed by atoms with Crippen molar-refractivity contribution in [1.29, 1.82) is 0 Å². The molecule has 0 aliphatic heterocycles. The van der Waals surface area contributed by atoms with Crippen LogP contribution in [0.3, 0.4) is 0 Å². The summed E-state index contributed by atoms with van der Waals surface area (Å²) in [5.41, 5.74) is 5.62. The maximum absolute atomic E-state index is 11.6. The van der Waals surface area contributed by atoms with E-state index in [0.717, 1.165) is 10.5 Å². The molecule has 2 rings (SSSR count). The summed E-state index contributed by atoms with van der Waals surface area (Å²) in [5, 5.41) is 10.4. The lowest BCUT2D eigenvalue weighted by molar-refractivity contribution is -0.497. The number of aryl methyl sites for hydroxylation is 1. The van der Waals surface area contributed by atoms with E-state index in [4.69, 9.17) is 0 Å². The van der Waals surface area contributed by atoms with E-state index in [2.05, 4.69) is 10.9 Å². The van der Waals surface area contributed by atoms with E-state index in [1.54, 1.807) is 0 Å². The van der Waals surface area contributed by atoms with E-state index in [-0.39, 0.29) is 18.1 Å². The molecule has 7 nitrogen and oxygen atoms in total. The van der Waals surface area contributed by atoms with Gasteiger partial charge in [0, 0.05) is 16.2 Å². The molecule has 1 aromatic carbocycles. The number of hydrazine groups is 1. The van der Waals surface area contributed by atoms with Crippen LogP contribution in [0.25, 0.3) is 0 Å². The second-order valence-corrected chi connectivity index (χ2v) is 5.88. The lowest BCUT2D eigenvalue weighted by Gasteiger charge is -2.06. The number of carbonyl (C=O) groups is 2. The molecule has 1 aromatic rings. The largest absolute Gasteiger partial charge is 0.273 e. The monoisotopic (exact) mass is 309 g/mol. The molecule has 2 atom stereocenters. The quantitative estimate of drug-likeness (QED) is 0.478. The molecule has 0 unspecified atom stereocenters. The van der Waals surface area contributed by atoms with Gasteiger partial charge in [-0.2, -0.15) is 0 Å². The van der Waals surface area contributed by atoms with E-state index in [9.17, 15) is 19.7 Å². The molecule has 2 N–H and O–H groups in total. The van der Waals surface area contributed by atoms with Crippen molar-refractivity contribution in [2.24, 2.45) is 5.92 Å². The third-order valence-corrected chi connectivity index (χ3v) is 4.09. The molecule has 0 saturated heterocycles. The highest BCUT2D eigenvalue weighted by Crippen LogP contribution is 2.32. The second-order valence-electron chi connectivity index (χ2n) is 4.83. The average molecular weight is 309 g/mol. The summed E-state index contributed by atoms with van der Waals surface area (Å²) in [6.07, 6.45) is 0.229. The van der Waals surface area contributed by atoms with E-state index in [1.807, 2.05) is 31.2 Å². The minimum atomic E-state index is -0.816. The summed E-state index contributed by atoms with van der Waals surface area (Å²) < 4.78 is 0. The van der Waals surface area contributed by atoms with Gasteiger partial charge in [0.05, 0.1) is 5.75 Å². The van der Waals surface area contributed by atoms with Crippen LogP contribution < -0.4 is 10.9 Å². The topological polar surface area (TPSA) is 101 Å². The third-order valence-electron chi connectivity index (χ3n) is 3.08. The Kier molecular flexibility index (Phi) is 4.79. The van der Waals surface area contributed by atoms with Crippen LogP contribution in [0.15, 0.2) is 29.2 Å². The molecule has 0 heterocycles. The smallest absolute Gasteiger partial charge is 0.248 e. The van der Waals surface area contributed by atoms with Gasteiger partial charge in [-0.1, -0.05) is 17.7 Å². The first-order valence-electron chi connectivity index (χ1n) is 6.39. The SMILES string of the molecule is Cc1ccc(SCC(=O)NNC(=O)[C@@H]2C[C@H]2[N+](=O)[O-])cc1. The molecule has 2 amide bonds. The van der Waals surface area contributed by atoms with Crippen LogP contribution in [-0.2, 0) is 9.59 Å². The highest BCUT2D eigenvalue weighted by atomic mass is 32.2. The Hall–Kier alpha value is -2.09. The number of amides is 2. The molecule has 112 valence electrons. The molecule has 21 heavy (non-hydrogen) atoms. The first kappa shape index (κ1) is 15.3. The zero-order chi connectivity index (χ0) is 15.4. The number of benzene rings is 1. The fourth-order valence-electron chi connectivity index (χ4n) is 1.74. The van der Waals surface area contributed by atoms with E-state index in [0.29, 0.717) is 0 Å². The van der Waals surface area contributed by atoms with Gasteiger partial charge < -0.3 is 0 Å². The molecule has 0 bridgehead atoms. The van der Waals surface area contributed by atoms with E-state index < -0.39 is 22.8 Å². The summed E-state index contributed by atoms with van der Waals surface area (Å²) in [6, 6.07) is 6.92. The Bertz CT molecular complexity index is 561. The van der Waals surface area contributed by atoms with Gasteiger partial charge in [-0.3, -0.25) is 30.6 Å². The molecule has 0 radical (unpaired) electrons. The van der Waals surface area contributed by atoms with Crippen LogP contribution in [0.1, 0.15) is 12.0 Å². The number of nitrogens with zero attached hydrogens (tertiary/aromatic N) is 1. The normalized spacial score (nSPS) is 19.7. The van der Waals surface area contributed by atoms with Crippen LogP contribution in [-0.4, -0.2) is 28.5 Å². The highest BCUT2D eigenvalue weighted by molar-refractivity contribution is 8.00. The van der Waals surface area contributed by atoms with E-state index >= 15 is 0 Å². The molecule has 1 aliphatic carbocycles. The molecule has 0 spiro atoms. The van der Waals surface area contributed by atoms with Crippen molar-refractivity contribution in [2.75, 3.05) is 5.75 Å². The summed E-state index contributed by atoms with van der Waals surface area (Å²) in [5.74, 6) is -1.34. The Morgan fingerprint density at radius 1 is 1.33 bits per heavy atom. The third kappa shape index (κ3) is 4.45. The van der Waals surface area contributed by atoms with Crippen LogP contribution in [0.5, 0.6) is 0 Å². The first-order valence-corrected chi connectivity index (χ1v) is 7.37. The number of hydrogen-bond donors (Lipinski definition) is 2. The van der Waals surface area contributed by atoms with Crippen LogP contribution >= 0.6 is 11.8 Å². The molecular formula is C13H15N3O4S. The van der Waals surface area contributed by atoms with Crippen LogP contribution in [0.2, 0.25) is 0 Å². The van der Waals surface area contributed by atoms with Crippen molar-refractivity contribution in [3.05, 3.63) is 39.9 Å². The Balaban J connectivity index is 1.67. The van der Waals surface area contributed by atoms with Gasteiger partial charge in [0.2, 0.25) is 17.9 Å². The van der Waals surface area contributed by atoms with Crippen molar-refractivity contribution in [3.63, 3.8) is 0 Å². The average Bonchev–Trinajstić information content (AvgIpc) is 3.25. The van der Waals surface area contributed by atoms with Crippen molar-refractivity contribution >= 4 is 23.6 Å². The van der Waals surface area contributed by atoms with Crippen LogP contribution in [0.4, 0.5) is 0 Å². The molecule has 1 aliphatic rings. The van der Waals surface area contributed by atoms with Gasteiger partial charge in [0.1, 0.15) is 5.92 Å². The van der Waals surface area contributed by atoms with Gasteiger partial charge in [0.25, 0.3) is 0 Å². The molecule has 1 saturated carbocycles. The number of thioether (sulfide) groups is 1. The highest BCUT2D eigenvalue weighted by Gasteiger charge is 2.53. The van der Waals surface area contributed by atoms with Crippen molar-refractivity contribution in [1.82, 2.24) is 10.9 Å². The summed E-state index contributed by atoms with van der Waals surface area (Å²) in [6.45, 7) is 1.98. The lowest BCUT2D eigenvalue weighted by atomic mass is 10.2. The Labute approximate surface area is 125 Å². The van der Waals surface area contributed by atoms with Gasteiger partial charge in [-0.15, -0.1) is 11.8 Å². The number of nitro groups is 1. The molecule has 8 heteroatoms. The fourth-order valence-corrected chi connectivity index (χ4v) is 2.44. The number of nitrogens with one attached hydrogen (secondary N) is 2. The van der Waals surface area contributed by atoms with Crippen molar-refractivity contribution in [3.8, 4) is 0 Å². The minimum absolute atomic E-state index is 0.159. The fraction of sp³-hybridized carbons (Fsp3) is 0.385. The summed E-state index contributed by atoms with van der Waals surface area (Å²) in [7, 11) is 0. The Morgan fingerprint density at radius 2 is 2.00 bits per heavy atom. The molecule has 1 fully saturated rings. The predicted octanol–water partition coefficient (Wildman–Crippen LogP) is 0.900. The van der Waals surface area contributed by atoms with Gasteiger partial charge in [0.15, 0.2) is 0 Å². The molecule has 0 aromatic heterocycles. The lowest BCUT2D eigenvalue weighted by Crippen LogP contribution is -2.43. The first-order chi connectivity index (χ1) is 9.97. The zero-order valence-corrected chi connectivity index (χ0v) is 12.2. The Morgan fingerprint density at radius 3 is 2.57 bits per heavy atom. The molecular weight excluding hydrogens is 294 g/mol. The standard InChI is InChI=1S/C13H15N3O4S/c1-8-2-4-9(5-3-8)21-7-12(17)14-15-13(18)10-6-11(10)16(19)20/h2-5,10-11H,6-7H2,1H3,(H,14,17)(H,15,18)/t10-,11-/m1/s1. The second kappa shape index (κ2) is 6.57. The van der Waals surface area contributed by atoms with Gasteiger partial charge in [-0.25, -0.2) is 0 Å². The summed E-state index contributed by atoms with van der Waals surface area (Å²) in [4.78, 5) is 34.0. The van der Waals surface area contributed by atoms with Gasteiger partial charge >= 0.3 is 0 Å². The van der Waals surface area contributed by atoms with E-state index in [1.165, 1.54) is 11.8 Å². The summed E-state index contributed by atoms with van der Waals surface area (Å²) >= 11 is 1.35. The number of carbonyl (C=O) groups excluding carboxylic acids is 2. The minimum Gasteiger partial charge on any atom is -0.273 e.